The van der Waals surface area contributed by atoms with E-state index in [1.807, 2.05) is 0 Å². The Morgan fingerprint density at radius 2 is 0.773 bits per heavy atom. The van der Waals surface area contributed by atoms with E-state index < -0.39 is 72.0 Å². The summed E-state index contributed by atoms with van der Waals surface area (Å²) in [7, 11) is 0. The van der Waals surface area contributed by atoms with Crippen LogP contribution in [0.5, 0.6) is 0 Å². The highest BCUT2D eigenvalue weighted by atomic mass is 16.6. The lowest BCUT2D eigenvalue weighted by Gasteiger charge is -2.34. The second kappa shape index (κ2) is 15.4. The van der Waals surface area contributed by atoms with Crippen LogP contribution in [-0.4, -0.2) is 82.3 Å². The average molecular weight is 617 g/mol. The normalized spacial score (nSPS) is 13.1. The number of hydrogen-bond acceptors (Lipinski definition) is 12. The molecule has 2 aromatic carbocycles. The predicted molar refractivity (Wildman–Crippen MR) is 146 cm³/mol. The fourth-order valence-electron chi connectivity index (χ4n) is 3.70. The zero-order valence-corrected chi connectivity index (χ0v) is 23.7. The van der Waals surface area contributed by atoms with E-state index in [2.05, 4.69) is 10.6 Å². The van der Waals surface area contributed by atoms with Gasteiger partial charge >= 0.3 is 35.8 Å². The zero-order valence-electron chi connectivity index (χ0n) is 23.7. The van der Waals surface area contributed by atoms with Gasteiger partial charge < -0.3 is 39.8 Å². The number of carbonyl (C=O) groups is 8. The van der Waals surface area contributed by atoms with Crippen molar-refractivity contribution in [2.75, 3.05) is 10.6 Å². The number of rotatable bonds is 13. The van der Waals surface area contributed by atoms with E-state index in [9.17, 15) is 38.4 Å². The Morgan fingerprint density at radius 1 is 0.500 bits per heavy atom. The molecule has 0 saturated heterocycles. The van der Waals surface area contributed by atoms with E-state index >= 15 is 0 Å². The SMILES string of the molecule is CC(=O)OC(C(=O)Nc1ccc(C(=O)O)cc1)C(OC(C)=O)C(OC(C)=O)C(OC(C)=O)C(=O)Nc1ccc(C(=O)O)cc1. The first-order valence-electron chi connectivity index (χ1n) is 12.6. The molecule has 2 aromatic rings. The van der Waals surface area contributed by atoms with Gasteiger partial charge in [0.25, 0.3) is 11.8 Å². The minimum atomic E-state index is -2.12. The number of hydrogen-bond donors (Lipinski definition) is 4. The van der Waals surface area contributed by atoms with Crippen LogP contribution in [0.1, 0.15) is 48.4 Å². The van der Waals surface area contributed by atoms with Crippen LogP contribution < -0.4 is 10.6 Å². The summed E-state index contributed by atoms with van der Waals surface area (Å²) in [6.45, 7) is 3.61. The molecule has 4 atom stereocenters. The van der Waals surface area contributed by atoms with Crippen molar-refractivity contribution in [2.24, 2.45) is 0 Å². The molecule has 0 aliphatic carbocycles. The highest BCUT2D eigenvalue weighted by Gasteiger charge is 2.49. The van der Waals surface area contributed by atoms with Gasteiger partial charge in [0.05, 0.1) is 11.1 Å². The van der Waals surface area contributed by atoms with Crippen molar-refractivity contribution < 1.29 is 67.5 Å². The third-order valence-electron chi connectivity index (χ3n) is 5.43. The molecule has 4 N–H and O–H groups in total. The average Bonchev–Trinajstić information content (AvgIpc) is 2.92. The minimum absolute atomic E-state index is 0.0156. The maximum absolute atomic E-state index is 13.4. The highest BCUT2D eigenvalue weighted by Crippen LogP contribution is 2.23. The van der Waals surface area contributed by atoms with Crippen LogP contribution in [-0.2, 0) is 47.7 Å². The Labute approximate surface area is 249 Å². The highest BCUT2D eigenvalue weighted by molar-refractivity contribution is 5.98. The quantitative estimate of drug-likeness (QED) is 0.184. The molecule has 0 aromatic heterocycles. The van der Waals surface area contributed by atoms with Crippen molar-refractivity contribution in [1.29, 1.82) is 0 Å². The zero-order chi connectivity index (χ0) is 33.1. The summed E-state index contributed by atoms with van der Waals surface area (Å²) < 4.78 is 20.7. The molecule has 0 heterocycles. The molecule has 0 saturated carbocycles. The minimum Gasteiger partial charge on any atom is -0.478 e. The number of esters is 4. The van der Waals surface area contributed by atoms with Crippen LogP contribution in [0.25, 0.3) is 0 Å². The first kappa shape index (κ1) is 34.4. The third kappa shape index (κ3) is 10.2. The van der Waals surface area contributed by atoms with Crippen molar-refractivity contribution in [3.63, 3.8) is 0 Å². The smallest absolute Gasteiger partial charge is 0.335 e. The summed E-state index contributed by atoms with van der Waals surface area (Å²) in [5.41, 5.74) is -0.191. The molecular weight excluding hydrogens is 588 g/mol. The third-order valence-corrected chi connectivity index (χ3v) is 5.43. The second-order valence-electron chi connectivity index (χ2n) is 8.95. The van der Waals surface area contributed by atoms with Gasteiger partial charge in [0, 0.05) is 39.1 Å². The maximum atomic E-state index is 13.4. The number of nitrogens with one attached hydrogen (secondary N) is 2. The molecule has 0 bridgehead atoms. The van der Waals surface area contributed by atoms with Crippen molar-refractivity contribution in [1.82, 2.24) is 0 Å². The van der Waals surface area contributed by atoms with Crippen LogP contribution in [0, 0.1) is 0 Å². The van der Waals surface area contributed by atoms with E-state index in [0.717, 1.165) is 52.0 Å². The fourth-order valence-corrected chi connectivity index (χ4v) is 3.70. The molecule has 2 rings (SSSR count). The van der Waals surface area contributed by atoms with Crippen LogP contribution in [0.2, 0.25) is 0 Å². The molecule has 16 nitrogen and oxygen atoms in total. The molecule has 0 spiro atoms. The summed E-state index contributed by atoms with van der Waals surface area (Å²) in [4.78, 5) is 97.5. The predicted octanol–water partition coefficient (Wildman–Crippen LogP) is 1.39. The monoisotopic (exact) mass is 616 g/mol. The number of carbonyl (C=O) groups excluding carboxylic acids is 6. The molecule has 0 radical (unpaired) electrons. The molecule has 0 aliphatic rings. The summed E-state index contributed by atoms with van der Waals surface area (Å²) in [6, 6.07) is 9.48. The number of anilines is 2. The number of ether oxygens (including phenoxy) is 4. The van der Waals surface area contributed by atoms with Gasteiger partial charge in [-0.05, 0) is 48.5 Å². The number of carboxylic acids is 2. The van der Waals surface area contributed by atoms with Gasteiger partial charge in [-0.15, -0.1) is 0 Å². The van der Waals surface area contributed by atoms with Crippen LogP contribution >= 0.6 is 0 Å². The summed E-state index contributed by atoms with van der Waals surface area (Å²) >= 11 is 0. The Balaban J connectivity index is 2.58. The van der Waals surface area contributed by atoms with Gasteiger partial charge in [-0.2, -0.15) is 0 Å². The molecule has 16 heteroatoms. The molecule has 44 heavy (non-hydrogen) atoms. The van der Waals surface area contributed by atoms with E-state index in [4.69, 9.17) is 29.2 Å². The number of amides is 2. The lowest BCUT2D eigenvalue weighted by atomic mass is 10.00. The van der Waals surface area contributed by atoms with E-state index in [1.165, 1.54) is 24.3 Å². The molecule has 0 aliphatic heterocycles. The molecule has 0 fully saturated rings. The molecular formula is C28H28N2O14. The summed E-state index contributed by atoms with van der Waals surface area (Å²) in [5, 5.41) is 22.9. The number of carboxylic acid groups (broad SMARTS) is 2. The van der Waals surface area contributed by atoms with Crippen molar-refractivity contribution >= 4 is 59.0 Å². The number of aromatic carboxylic acids is 2. The van der Waals surface area contributed by atoms with Crippen LogP contribution in [0.4, 0.5) is 11.4 Å². The van der Waals surface area contributed by atoms with Gasteiger partial charge in [-0.25, -0.2) is 9.59 Å². The van der Waals surface area contributed by atoms with Crippen molar-refractivity contribution in [3.05, 3.63) is 59.7 Å². The second-order valence-corrected chi connectivity index (χ2v) is 8.95. The Morgan fingerprint density at radius 3 is 1.00 bits per heavy atom. The molecule has 234 valence electrons. The topological polar surface area (TPSA) is 238 Å². The number of benzene rings is 2. The molecule has 2 amide bonds. The van der Waals surface area contributed by atoms with E-state index in [0.29, 0.717) is 0 Å². The molecule has 4 unspecified atom stereocenters. The lowest BCUT2D eigenvalue weighted by Crippen LogP contribution is -2.57. The summed E-state index contributed by atoms with van der Waals surface area (Å²) in [5.74, 6) is -9.15. The van der Waals surface area contributed by atoms with Gasteiger partial charge in [-0.3, -0.25) is 28.8 Å². The van der Waals surface area contributed by atoms with E-state index in [-0.39, 0.29) is 22.5 Å². The van der Waals surface area contributed by atoms with Gasteiger partial charge in [0.15, 0.2) is 12.2 Å². The van der Waals surface area contributed by atoms with E-state index in [1.54, 1.807) is 0 Å². The van der Waals surface area contributed by atoms with Gasteiger partial charge in [0.1, 0.15) is 0 Å². The maximum Gasteiger partial charge on any atom is 0.335 e. The standard InChI is InChI=1S/C28H28N2O14/c1-13(31)41-21(23(43-15(3)33)25(35)29-19-9-5-17(6-10-19)27(37)38)22(42-14(2)32)24(44-16(4)34)26(36)30-20-11-7-18(8-12-20)28(39)40/h5-12,21-24H,1-4H3,(H,29,35)(H,30,36)(H,37,38)(H,39,40). The first-order chi connectivity index (χ1) is 20.6. The Bertz CT molecular complexity index is 1330. The Kier molecular flexibility index (Phi) is 12.1. The Hall–Kier alpha value is -5.80. The van der Waals surface area contributed by atoms with Crippen LogP contribution in [0.3, 0.4) is 0 Å². The van der Waals surface area contributed by atoms with Crippen molar-refractivity contribution in [3.8, 4) is 0 Å². The van der Waals surface area contributed by atoms with Gasteiger partial charge in [0.2, 0.25) is 12.2 Å². The fraction of sp³-hybridized carbons (Fsp3) is 0.286. The van der Waals surface area contributed by atoms with Crippen molar-refractivity contribution in [2.45, 2.75) is 52.1 Å². The lowest BCUT2D eigenvalue weighted by molar-refractivity contribution is -0.198. The van der Waals surface area contributed by atoms with Crippen LogP contribution in [0.15, 0.2) is 48.5 Å². The first-order valence-corrected chi connectivity index (χ1v) is 12.6. The van der Waals surface area contributed by atoms with Gasteiger partial charge in [-0.1, -0.05) is 0 Å². The summed E-state index contributed by atoms with van der Waals surface area (Å²) in [6.07, 6.45) is -8.44. The largest absolute Gasteiger partial charge is 0.478 e.